The lowest BCUT2D eigenvalue weighted by atomic mass is 10.1. The third-order valence-electron chi connectivity index (χ3n) is 5.60. The van der Waals surface area contributed by atoms with E-state index in [2.05, 4.69) is 15.3 Å². The number of aromatic nitrogens is 3. The topological polar surface area (TPSA) is 112 Å². The van der Waals surface area contributed by atoms with Crippen LogP contribution < -0.4 is 15.7 Å². The summed E-state index contributed by atoms with van der Waals surface area (Å²) >= 11 is 1.30. The third-order valence-corrected chi connectivity index (χ3v) is 6.66. The smallest absolute Gasteiger partial charge is 0.267 e. The van der Waals surface area contributed by atoms with Crippen LogP contribution in [-0.4, -0.2) is 38.1 Å². The number of thiazole rings is 1. The Morgan fingerprint density at radius 3 is 2.45 bits per heavy atom. The molecule has 0 aliphatic carbocycles. The van der Waals surface area contributed by atoms with Crippen LogP contribution in [0, 0.1) is 5.82 Å². The average Bonchev–Trinajstić information content (AvgIpc) is 3.64. The van der Waals surface area contributed by atoms with Gasteiger partial charge >= 0.3 is 0 Å². The predicted octanol–water partition coefficient (Wildman–Crippen LogP) is 4.02. The number of anilines is 1. The number of aryl methyl sites for hydroxylation is 1. The van der Waals surface area contributed by atoms with E-state index < -0.39 is 5.91 Å². The second-order valence-corrected chi connectivity index (χ2v) is 9.46. The normalized spacial score (nSPS) is 11.0. The summed E-state index contributed by atoms with van der Waals surface area (Å²) in [5.74, 6) is -1.09. The van der Waals surface area contributed by atoms with Crippen LogP contribution in [0.25, 0.3) is 6.08 Å². The summed E-state index contributed by atoms with van der Waals surface area (Å²) in [6.45, 7) is 2.27. The predicted molar refractivity (Wildman–Crippen MR) is 143 cm³/mol. The largest absolute Gasteiger partial charge is 0.351 e. The maximum Gasteiger partial charge on any atom is 0.267 e. The minimum atomic E-state index is -0.610. The minimum absolute atomic E-state index is 0.177. The fourth-order valence-electron chi connectivity index (χ4n) is 3.65. The van der Waals surface area contributed by atoms with Gasteiger partial charge in [0.25, 0.3) is 11.8 Å². The van der Waals surface area contributed by atoms with Crippen molar-refractivity contribution in [3.63, 3.8) is 0 Å². The lowest BCUT2D eigenvalue weighted by Gasteiger charge is -2.22. The number of imidazole rings is 1. The second kappa shape index (κ2) is 13.3. The van der Waals surface area contributed by atoms with E-state index in [1.165, 1.54) is 29.5 Å². The number of carbonyl (C=O) groups is 2. The molecule has 3 N–H and O–H groups in total. The van der Waals surface area contributed by atoms with Gasteiger partial charge in [0.2, 0.25) is 0 Å². The van der Waals surface area contributed by atoms with E-state index in [4.69, 9.17) is 5.21 Å². The summed E-state index contributed by atoms with van der Waals surface area (Å²) in [5, 5.41) is 12.2. The lowest BCUT2D eigenvalue weighted by molar-refractivity contribution is -0.124. The molecule has 0 aliphatic heterocycles. The number of benzene rings is 2. The molecule has 0 bridgehead atoms. The molecule has 11 heteroatoms. The van der Waals surface area contributed by atoms with Crippen molar-refractivity contribution in [3.8, 4) is 0 Å². The van der Waals surface area contributed by atoms with Gasteiger partial charge in [-0.05, 0) is 41.3 Å². The number of hydrogen-bond acceptors (Lipinski definition) is 7. The molecule has 0 fully saturated rings. The fraction of sp³-hybridized carbons (Fsp3) is 0.185. The third kappa shape index (κ3) is 7.82. The van der Waals surface area contributed by atoms with Crippen LogP contribution in [0.3, 0.4) is 0 Å². The molecule has 0 radical (unpaired) electrons. The number of amides is 2. The van der Waals surface area contributed by atoms with Gasteiger partial charge in [-0.2, -0.15) is 0 Å². The maximum atomic E-state index is 13.4. The van der Waals surface area contributed by atoms with Crippen molar-refractivity contribution in [1.82, 2.24) is 25.3 Å². The zero-order chi connectivity index (χ0) is 26.7. The van der Waals surface area contributed by atoms with Crippen molar-refractivity contribution < 1.29 is 19.2 Å². The molecular weight excluding hydrogens is 507 g/mol. The quantitative estimate of drug-likeness (QED) is 0.110. The molecule has 0 spiro atoms. The maximum absolute atomic E-state index is 13.4. The number of rotatable bonds is 12. The highest BCUT2D eigenvalue weighted by Gasteiger charge is 2.16. The molecule has 2 aromatic carbocycles. The first-order valence-corrected chi connectivity index (χ1v) is 12.7. The molecule has 0 unspecified atom stereocenters. The standard InChI is InChI=1S/C27H27FN6O3S/c28-23-9-6-22(7-10-23)18-34(17-21-4-2-20(3-5-21)8-11-25(35)32-37)27-31-16-24(38-27)26(36)30-12-1-14-33-15-13-29-19-33/h2-11,13,15-16,19,37H,1,12,14,17-18H2,(H,30,36)(H,32,35)/b11-8+. The number of halogens is 1. The van der Waals surface area contributed by atoms with E-state index in [1.54, 1.807) is 42.4 Å². The van der Waals surface area contributed by atoms with Crippen LogP contribution in [0.15, 0.2) is 79.5 Å². The van der Waals surface area contributed by atoms with Gasteiger partial charge in [-0.3, -0.25) is 14.8 Å². The van der Waals surface area contributed by atoms with E-state index in [0.717, 1.165) is 29.7 Å². The molecule has 196 valence electrons. The monoisotopic (exact) mass is 534 g/mol. The SMILES string of the molecule is O=C(/C=C/c1ccc(CN(Cc2ccc(F)cc2)c2ncc(C(=O)NCCCn3ccnc3)s2)cc1)NO. The highest BCUT2D eigenvalue weighted by atomic mass is 32.1. The Bertz CT molecular complexity index is 1350. The van der Waals surface area contributed by atoms with Crippen molar-refractivity contribution in [1.29, 1.82) is 0 Å². The van der Waals surface area contributed by atoms with Crippen LogP contribution in [0.5, 0.6) is 0 Å². The Hall–Kier alpha value is -4.35. The summed E-state index contributed by atoms with van der Waals surface area (Å²) in [4.78, 5) is 35.0. The van der Waals surface area contributed by atoms with Crippen molar-refractivity contribution in [2.75, 3.05) is 11.4 Å². The first kappa shape index (κ1) is 26.7. The highest BCUT2D eigenvalue weighted by Crippen LogP contribution is 2.26. The summed E-state index contributed by atoms with van der Waals surface area (Å²) < 4.78 is 15.4. The van der Waals surface area contributed by atoms with E-state index in [9.17, 15) is 14.0 Å². The summed E-state index contributed by atoms with van der Waals surface area (Å²) in [7, 11) is 0. The molecule has 38 heavy (non-hydrogen) atoms. The Balaban J connectivity index is 1.43. The van der Waals surface area contributed by atoms with E-state index in [-0.39, 0.29) is 11.7 Å². The molecule has 2 heterocycles. The molecule has 0 saturated heterocycles. The molecule has 0 atom stereocenters. The lowest BCUT2D eigenvalue weighted by Crippen LogP contribution is -2.24. The Morgan fingerprint density at radius 2 is 1.79 bits per heavy atom. The minimum Gasteiger partial charge on any atom is -0.351 e. The van der Waals surface area contributed by atoms with Gasteiger partial charge in [-0.1, -0.05) is 47.7 Å². The average molecular weight is 535 g/mol. The molecule has 2 amide bonds. The summed E-state index contributed by atoms with van der Waals surface area (Å²) in [6.07, 6.45) is 10.5. The van der Waals surface area contributed by atoms with Crippen molar-refractivity contribution in [3.05, 3.63) is 107 Å². The summed E-state index contributed by atoms with van der Waals surface area (Å²) in [5.41, 5.74) is 4.24. The van der Waals surface area contributed by atoms with Gasteiger partial charge in [0.05, 0.1) is 12.5 Å². The first-order chi connectivity index (χ1) is 18.5. The zero-order valence-electron chi connectivity index (χ0n) is 20.5. The van der Waals surface area contributed by atoms with E-state index >= 15 is 0 Å². The van der Waals surface area contributed by atoms with Gasteiger partial charge in [-0.25, -0.2) is 19.8 Å². The van der Waals surface area contributed by atoms with Crippen LogP contribution >= 0.6 is 11.3 Å². The number of hydroxylamine groups is 1. The van der Waals surface area contributed by atoms with Gasteiger partial charge < -0.3 is 14.8 Å². The first-order valence-electron chi connectivity index (χ1n) is 11.9. The van der Waals surface area contributed by atoms with Crippen molar-refractivity contribution in [2.45, 2.75) is 26.1 Å². The molecule has 9 nitrogen and oxygen atoms in total. The molecule has 0 saturated carbocycles. The van der Waals surface area contributed by atoms with Crippen LogP contribution in [0.1, 0.15) is 32.8 Å². The fourth-order valence-corrected chi connectivity index (χ4v) is 4.48. The Kier molecular flexibility index (Phi) is 9.32. The van der Waals surface area contributed by atoms with Gasteiger partial charge in [0.1, 0.15) is 10.7 Å². The van der Waals surface area contributed by atoms with Crippen LogP contribution in [-0.2, 0) is 24.4 Å². The van der Waals surface area contributed by atoms with Crippen LogP contribution in [0.2, 0.25) is 0 Å². The number of nitrogens with zero attached hydrogens (tertiary/aromatic N) is 4. The Labute approximate surface area is 223 Å². The second-order valence-electron chi connectivity index (χ2n) is 8.45. The number of carbonyl (C=O) groups excluding carboxylic acids is 2. The van der Waals surface area contributed by atoms with E-state index in [0.29, 0.717) is 29.6 Å². The summed E-state index contributed by atoms with van der Waals surface area (Å²) in [6, 6.07) is 13.9. The molecular formula is C27H27FN6O3S. The highest BCUT2D eigenvalue weighted by molar-refractivity contribution is 7.17. The Morgan fingerprint density at radius 1 is 1.08 bits per heavy atom. The van der Waals surface area contributed by atoms with Gasteiger partial charge in [-0.15, -0.1) is 0 Å². The zero-order valence-corrected chi connectivity index (χ0v) is 21.3. The molecule has 4 aromatic rings. The van der Waals surface area contributed by atoms with Crippen LogP contribution in [0.4, 0.5) is 9.52 Å². The van der Waals surface area contributed by atoms with Crippen molar-refractivity contribution >= 4 is 34.4 Å². The van der Waals surface area contributed by atoms with Crippen molar-refractivity contribution in [2.24, 2.45) is 0 Å². The van der Waals surface area contributed by atoms with E-state index in [1.807, 2.05) is 39.9 Å². The number of hydrogen-bond donors (Lipinski definition) is 3. The van der Waals surface area contributed by atoms with Gasteiger partial charge in [0.15, 0.2) is 5.13 Å². The molecule has 4 rings (SSSR count). The number of nitrogens with one attached hydrogen (secondary N) is 2. The molecule has 2 aromatic heterocycles. The molecule has 0 aliphatic rings. The van der Waals surface area contributed by atoms with Gasteiger partial charge in [0, 0.05) is 44.6 Å².